The topological polar surface area (TPSA) is 30.5 Å². The number of aryl methyl sites for hydroxylation is 2. The van der Waals surface area contributed by atoms with Gasteiger partial charge in [0, 0.05) is 12.2 Å². The van der Waals surface area contributed by atoms with Gasteiger partial charge in [0.05, 0.1) is 6.61 Å². The second kappa shape index (κ2) is 4.94. The fraction of sp³-hybridized carbons (Fsp3) is 0.571. The van der Waals surface area contributed by atoms with Gasteiger partial charge in [-0.3, -0.25) is 0 Å². The highest BCUT2D eigenvalue weighted by Crippen LogP contribution is 2.22. The molecular formula is C14H22BNO2. The molecule has 0 spiro atoms. The molecule has 0 amide bonds. The summed E-state index contributed by atoms with van der Waals surface area (Å²) in [5, 5.41) is 3.43. The molecule has 1 fully saturated rings. The molecule has 0 saturated carbocycles. The lowest BCUT2D eigenvalue weighted by Crippen LogP contribution is -2.26. The fourth-order valence-corrected chi connectivity index (χ4v) is 2.23. The number of anilines is 1. The molecule has 0 radical (unpaired) electrons. The summed E-state index contributed by atoms with van der Waals surface area (Å²) >= 11 is 0. The van der Waals surface area contributed by atoms with Crippen LogP contribution in [0.1, 0.15) is 25.0 Å². The maximum atomic E-state index is 5.77. The molecule has 18 heavy (non-hydrogen) atoms. The Kier molecular flexibility index (Phi) is 3.69. The van der Waals surface area contributed by atoms with Crippen molar-refractivity contribution in [1.29, 1.82) is 0 Å². The van der Waals surface area contributed by atoms with Gasteiger partial charge < -0.3 is 14.8 Å². The van der Waals surface area contributed by atoms with Crippen LogP contribution in [0.5, 0.6) is 0 Å². The van der Waals surface area contributed by atoms with Gasteiger partial charge in [0.1, 0.15) is 14.0 Å². The minimum absolute atomic E-state index is 0.127. The summed E-state index contributed by atoms with van der Waals surface area (Å²) in [6.07, 6.45) is 0.127. The van der Waals surface area contributed by atoms with E-state index in [-0.39, 0.29) is 6.10 Å². The number of rotatable bonds is 3. The third-order valence-corrected chi connectivity index (χ3v) is 3.53. The van der Waals surface area contributed by atoms with E-state index >= 15 is 0 Å². The number of ether oxygens (including phenoxy) is 2. The molecule has 2 rings (SSSR count). The molecule has 1 aliphatic rings. The number of benzene rings is 1. The molecule has 1 saturated heterocycles. The van der Waals surface area contributed by atoms with Gasteiger partial charge in [-0.05, 0) is 39.8 Å². The Morgan fingerprint density at radius 3 is 2.44 bits per heavy atom. The lowest BCUT2D eigenvalue weighted by atomic mass is 9.86. The standard InChI is InChI=1S/C14H22BNO2/c1-9-5-11(6-10(2)13(9)15)16-7-12-8-17-14(3,4)18-12/h5-6,12,16H,7-8,15H2,1-4H3/t12-/m0/s1. The van der Waals surface area contributed by atoms with Crippen LogP contribution in [0.4, 0.5) is 5.69 Å². The van der Waals surface area contributed by atoms with Crippen LogP contribution in [0.3, 0.4) is 0 Å². The van der Waals surface area contributed by atoms with E-state index < -0.39 is 5.79 Å². The Bertz CT molecular complexity index is 422. The largest absolute Gasteiger partial charge is 0.382 e. The van der Waals surface area contributed by atoms with Crippen LogP contribution >= 0.6 is 0 Å². The molecule has 3 nitrogen and oxygen atoms in total. The van der Waals surface area contributed by atoms with Crippen LogP contribution in [0.15, 0.2) is 12.1 Å². The summed E-state index contributed by atoms with van der Waals surface area (Å²) in [7, 11) is 2.16. The number of nitrogens with one attached hydrogen (secondary N) is 1. The van der Waals surface area contributed by atoms with Crippen LogP contribution < -0.4 is 10.8 Å². The van der Waals surface area contributed by atoms with Crippen LogP contribution in [0, 0.1) is 13.8 Å². The van der Waals surface area contributed by atoms with Crippen molar-refractivity contribution >= 4 is 19.0 Å². The van der Waals surface area contributed by atoms with E-state index in [1.165, 1.54) is 16.6 Å². The Morgan fingerprint density at radius 1 is 1.33 bits per heavy atom. The third kappa shape index (κ3) is 3.06. The zero-order chi connectivity index (χ0) is 13.3. The first-order chi connectivity index (χ1) is 8.37. The van der Waals surface area contributed by atoms with Gasteiger partial charge in [0.15, 0.2) is 5.79 Å². The minimum Gasteiger partial charge on any atom is -0.382 e. The number of hydrogen-bond donors (Lipinski definition) is 1. The van der Waals surface area contributed by atoms with E-state index in [0.29, 0.717) is 6.61 Å². The highest BCUT2D eigenvalue weighted by atomic mass is 16.7. The van der Waals surface area contributed by atoms with Gasteiger partial charge in [0.25, 0.3) is 0 Å². The van der Waals surface area contributed by atoms with Crippen LogP contribution in [-0.4, -0.2) is 32.9 Å². The lowest BCUT2D eigenvalue weighted by Gasteiger charge is -2.18. The number of hydrogen-bond acceptors (Lipinski definition) is 3. The normalized spacial score (nSPS) is 22.1. The maximum absolute atomic E-state index is 5.77. The van der Waals surface area contributed by atoms with E-state index in [4.69, 9.17) is 9.47 Å². The Morgan fingerprint density at radius 2 is 1.94 bits per heavy atom. The summed E-state index contributed by atoms with van der Waals surface area (Å²) in [5.74, 6) is -0.439. The van der Waals surface area contributed by atoms with Crippen molar-refractivity contribution in [3.8, 4) is 0 Å². The van der Waals surface area contributed by atoms with Crippen molar-refractivity contribution in [2.24, 2.45) is 0 Å². The van der Waals surface area contributed by atoms with Crippen LogP contribution in [-0.2, 0) is 9.47 Å². The second-order valence-electron chi connectivity index (χ2n) is 5.57. The fourth-order valence-electron chi connectivity index (χ4n) is 2.23. The van der Waals surface area contributed by atoms with Crippen molar-refractivity contribution in [3.05, 3.63) is 23.3 Å². The summed E-state index contributed by atoms with van der Waals surface area (Å²) in [4.78, 5) is 0. The predicted octanol–water partition coefficient (Wildman–Crippen LogP) is 1.13. The SMILES string of the molecule is Bc1c(C)cc(NC[C@H]2COC(C)(C)O2)cc1C. The summed E-state index contributed by atoms with van der Waals surface area (Å²) in [6, 6.07) is 4.37. The van der Waals surface area contributed by atoms with Crippen LogP contribution in [0.2, 0.25) is 0 Å². The zero-order valence-corrected chi connectivity index (χ0v) is 12.0. The average molecular weight is 247 g/mol. The van der Waals surface area contributed by atoms with Gasteiger partial charge in [0.2, 0.25) is 0 Å². The highest BCUT2D eigenvalue weighted by molar-refractivity contribution is 6.34. The van der Waals surface area contributed by atoms with E-state index in [1.807, 2.05) is 13.8 Å². The molecular weight excluding hydrogens is 225 g/mol. The van der Waals surface area contributed by atoms with Crippen molar-refractivity contribution in [2.45, 2.75) is 39.6 Å². The van der Waals surface area contributed by atoms with Gasteiger partial charge in [-0.2, -0.15) is 0 Å². The first kappa shape index (κ1) is 13.4. The summed E-state index contributed by atoms with van der Waals surface area (Å²) < 4.78 is 11.3. The molecule has 4 heteroatoms. The average Bonchev–Trinajstić information content (AvgIpc) is 2.63. The zero-order valence-electron chi connectivity index (χ0n) is 12.0. The third-order valence-electron chi connectivity index (χ3n) is 3.53. The van der Waals surface area contributed by atoms with Gasteiger partial charge in [-0.15, -0.1) is 0 Å². The van der Waals surface area contributed by atoms with E-state index in [9.17, 15) is 0 Å². The molecule has 0 bridgehead atoms. The summed E-state index contributed by atoms with van der Waals surface area (Å²) in [5.41, 5.74) is 5.16. The molecule has 1 aromatic rings. The highest BCUT2D eigenvalue weighted by Gasteiger charge is 2.32. The molecule has 0 aliphatic carbocycles. The predicted molar refractivity (Wildman–Crippen MR) is 77.5 cm³/mol. The van der Waals surface area contributed by atoms with Crippen LogP contribution in [0.25, 0.3) is 0 Å². The van der Waals surface area contributed by atoms with Gasteiger partial charge >= 0.3 is 0 Å². The molecule has 1 aliphatic heterocycles. The van der Waals surface area contributed by atoms with Crippen molar-refractivity contribution in [1.82, 2.24) is 0 Å². The Balaban J connectivity index is 1.95. The second-order valence-corrected chi connectivity index (χ2v) is 5.57. The Hall–Kier alpha value is -0.995. The van der Waals surface area contributed by atoms with E-state index in [1.54, 1.807) is 0 Å². The van der Waals surface area contributed by atoms with Gasteiger partial charge in [-0.1, -0.05) is 16.6 Å². The molecule has 98 valence electrons. The molecule has 1 heterocycles. The first-order valence-electron chi connectivity index (χ1n) is 6.51. The Labute approximate surface area is 110 Å². The van der Waals surface area contributed by atoms with E-state index in [0.717, 1.165) is 12.2 Å². The quantitative estimate of drug-likeness (QED) is 0.812. The molecule has 1 aromatic carbocycles. The van der Waals surface area contributed by atoms with Crippen molar-refractivity contribution in [3.63, 3.8) is 0 Å². The lowest BCUT2D eigenvalue weighted by molar-refractivity contribution is -0.136. The smallest absolute Gasteiger partial charge is 0.163 e. The molecule has 1 atom stereocenters. The molecule has 1 N–H and O–H groups in total. The van der Waals surface area contributed by atoms with Crippen molar-refractivity contribution in [2.75, 3.05) is 18.5 Å². The summed E-state index contributed by atoms with van der Waals surface area (Å²) in [6.45, 7) is 9.63. The molecule has 0 aromatic heterocycles. The monoisotopic (exact) mass is 247 g/mol. The maximum Gasteiger partial charge on any atom is 0.163 e. The van der Waals surface area contributed by atoms with Crippen molar-refractivity contribution < 1.29 is 9.47 Å². The van der Waals surface area contributed by atoms with E-state index in [2.05, 4.69) is 39.1 Å². The minimum atomic E-state index is -0.439. The molecule has 0 unspecified atom stereocenters. The first-order valence-corrected chi connectivity index (χ1v) is 6.51. The van der Waals surface area contributed by atoms with Gasteiger partial charge in [-0.25, -0.2) is 0 Å².